The van der Waals surface area contributed by atoms with Gasteiger partial charge in [0.15, 0.2) is 0 Å². The van der Waals surface area contributed by atoms with Crippen LogP contribution in [0.1, 0.15) is 25.3 Å². The smallest absolute Gasteiger partial charge is 0.373 e. The molecule has 0 saturated carbocycles. The third-order valence-electron chi connectivity index (χ3n) is 3.14. The van der Waals surface area contributed by atoms with Crippen LogP contribution < -0.4 is 9.64 Å². The Morgan fingerprint density at radius 1 is 1.18 bits per heavy atom. The van der Waals surface area contributed by atoms with Gasteiger partial charge in [-0.05, 0) is 23.6 Å². The third-order valence-corrected chi connectivity index (χ3v) is 3.14. The summed E-state index contributed by atoms with van der Waals surface area (Å²) < 4.78 is 5.58. The Morgan fingerprint density at radius 2 is 1.82 bits per heavy atom. The Morgan fingerprint density at radius 3 is 2.32 bits per heavy atom. The largest absolute Gasteiger partial charge is 0.434 e. The molecule has 0 fully saturated rings. The highest BCUT2D eigenvalue weighted by molar-refractivity contribution is 5.62. The van der Waals surface area contributed by atoms with Gasteiger partial charge < -0.3 is 9.64 Å². The number of hydrogen-bond donors (Lipinski definition) is 0. The molecule has 0 N–H and O–H groups in total. The summed E-state index contributed by atoms with van der Waals surface area (Å²) >= 11 is 0. The maximum atomic E-state index is 11.3. The maximum absolute atomic E-state index is 11.3. The van der Waals surface area contributed by atoms with Crippen molar-refractivity contribution in [2.24, 2.45) is 0 Å². The highest BCUT2D eigenvalue weighted by atomic mass is 16.6. The molecule has 0 bridgehead atoms. The number of anilines is 1. The first kappa shape index (κ1) is 15.7. The summed E-state index contributed by atoms with van der Waals surface area (Å²) in [6.07, 6.45) is 1.25. The Bertz CT molecular complexity index is 669. The fourth-order valence-electron chi connectivity index (χ4n) is 1.95. The lowest BCUT2D eigenvalue weighted by Gasteiger charge is -2.13. The summed E-state index contributed by atoms with van der Waals surface area (Å²) in [6, 6.07) is 7.41. The predicted octanol–water partition coefficient (Wildman–Crippen LogP) is 3.37. The summed E-state index contributed by atoms with van der Waals surface area (Å²) in [4.78, 5) is 20.1. The van der Waals surface area contributed by atoms with E-state index >= 15 is 0 Å². The number of rotatable bonds is 5. The first-order valence-electron chi connectivity index (χ1n) is 6.84. The van der Waals surface area contributed by atoms with Crippen LogP contribution in [0.15, 0.2) is 30.6 Å². The van der Waals surface area contributed by atoms with E-state index in [2.05, 4.69) is 23.8 Å². The van der Waals surface area contributed by atoms with Gasteiger partial charge in [-0.2, -0.15) is 4.98 Å². The monoisotopic (exact) mass is 302 g/mol. The number of aromatic nitrogens is 2. The van der Waals surface area contributed by atoms with Crippen molar-refractivity contribution >= 4 is 11.5 Å². The molecular weight excluding hydrogens is 284 g/mol. The SMILES string of the molecule is CC(C)c1ccc(Oc2ncnc(N(C)C)c2[N+](=O)[O-])cc1. The van der Waals surface area contributed by atoms with Gasteiger partial charge in [0.2, 0.25) is 5.82 Å². The minimum absolute atomic E-state index is 0.0685. The van der Waals surface area contributed by atoms with Gasteiger partial charge in [0.25, 0.3) is 0 Å². The summed E-state index contributed by atoms with van der Waals surface area (Å²) in [6.45, 7) is 4.18. The highest BCUT2D eigenvalue weighted by Gasteiger charge is 2.26. The molecular formula is C15H18N4O3. The van der Waals surface area contributed by atoms with Crippen LogP contribution in [0.25, 0.3) is 0 Å². The van der Waals surface area contributed by atoms with Gasteiger partial charge in [0, 0.05) is 14.1 Å². The first-order valence-corrected chi connectivity index (χ1v) is 6.84. The Kier molecular flexibility index (Phi) is 4.55. The second-order valence-electron chi connectivity index (χ2n) is 5.33. The average Bonchev–Trinajstić information content (AvgIpc) is 2.47. The highest BCUT2D eigenvalue weighted by Crippen LogP contribution is 2.35. The lowest BCUT2D eigenvalue weighted by Crippen LogP contribution is -2.14. The van der Waals surface area contributed by atoms with E-state index in [0.717, 1.165) is 0 Å². The first-order chi connectivity index (χ1) is 10.4. The van der Waals surface area contributed by atoms with Crippen molar-refractivity contribution in [1.29, 1.82) is 0 Å². The molecule has 0 aliphatic carbocycles. The van der Waals surface area contributed by atoms with Crippen molar-refractivity contribution < 1.29 is 9.66 Å². The van der Waals surface area contributed by atoms with E-state index in [1.54, 1.807) is 31.1 Å². The van der Waals surface area contributed by atoms with Crippen LogP contribution >= 0.6 is 0 Å². The predicted molar refractivity (Wildman–Crippen MR) is 83.6 cm³/mol. The van der Waals surface area contributed by atoms with Crippen LogP contribution in [0.3, 0.4) is 0 Å². The van der Waals surface area contributed by atoms with Crippen LogP contribution in [0.4, 0.5) is 11.5 Å². The molecule has 2 rings (SSSR count). The summed E-state index contributed by atoms with van der Waals surface area (Å²) in [7, 11) is 3.35. The van der Waals surface area contributed by atoms with Crippen molar-refractivity contribution in [1.82, 2.24) is 9.97 Å². The van der Waals surface area contributed by atoms with E-state index in [-0.39, 0.29) is 17.4 Å². The average molecular weight is 302 g/mol. The molecule has 2 aromatic rings. The second kappa shape index (κ2) is 6.38. The zero-order valence-corrected chi connectivity index (χ0v) is 13.0. The Labute approximate surface area is 128 Å². The van der Waals surface area contributed by atoms with Gasteiger partial charge in [0.05, 0.1) is 4.92 Å². The molecule has 0 radical (unpaired) electrons. The molecule has 1 aromatic carbocycles. The van der Waals surface area contributed by atoms with Crippen LogP contribution in [-0.4, -0.2) is 29.0 Å². The number of hydrogen-bond acceptors (Lipinski definition) is 6. The van der Waals surface area contributed by atoms with Gasteiger partial charge in [-0.1, -0.05) is 26.0 Å². The molecule has 0 amide bonds. The fraction of sp³-hybridized carbons (Fsp3) is 0.333. The van der Waals surface area contributed by atoms with Gasteiger partial charge in [-0.3, -0.25) is 10.1 Å². The summed E-state index contributed by atoms with van der Waals surface area (Å²) in [5.74, 6) is 1.04. The summed E-state index contributed by atoms with van der Waals surface area (Å²) in [5, 5.41) is 11.3. The van der Waals surface area contributed by atoms with Crippen LogP contribution in [0.2, 0.25) is 0 Å². The molecule has 0 saturated heterocycles. The van der Waals surface area contributed by atoms with Crippen LogP contribution in [0.5, 0.6) is 11.6 Å². The molecule has 116 valence electrons. The molecule has 0 spiro atoms. The van der Waals surface area contributed by atoms with Crippen LogP contribution in [0, 0.1) is 10.1 Å². The molecule has 22 heavy (non-hydrogen) atoms. The number of ether oxygens (including phenoxy) is 1. The van der Waals surface area contributed by atoms with E-state index < -0.39 is 4.92 Å². The van der Waals surface area contributed by atoms with Gasteiger partial charge in [-0.25, -0.2) is 4.98 Å². The van der Waals surface area contributed by atoms with Gasteiger partial charge in [0.1, 0.15) is 12.1 Å². The fourth-order valence-corrected chi connectivity index (χ4v) is 1.95. The Balaban J connectivity index is 2.37. The van der Waals surface area contributed by atoms with Gasteiger partial charge >= 0.3 is 11.6 Å². The zero-order chi connectivity index (χ0) is 16.3. The zero-order valence-electron chi connectivity index (χ0n) is 13.0. The molecule has 7 nitrogen and oxygen atoms in total. The lowest BCUT2D eigenvalue weighted by atomic mass is 10.0. The van der Waals surface area contributed by atoms with E-state index in [1.165, 1.54) is 11.9 Å². The second-order valence-corrected chi connectivity index (χ2v) is 5.33. The quantitative estimate of drug-likeness (QED) is 0.622. The molecule has 7 heteroatoms. The van der Waals surface area contributed by atoms with E-state index in [4.69, 9.17) is 4.74 Å². The van der Waals surface area contributed by atoms with E-state index in [1.807, 2.05) is 12.1 Å². The van der Waals surface area contributed by atoms with Crippen molar-refractivity contribution in [3.8, 4) is 11.6 Å². The van der Waals surface area contributed by atoms with Crippen molar-refractivity contribution in [3.63, 3.8) is 0 Å². The van der Waals surface area contributed by atoms with E-state index in [9.17, 15) is 10.1 Å². The molecule has 0 atom stereocenters. The number of benzene rings is 1. The molecule has 1 aromatic heterocycles. The topological polar surface area (TPSA) is 81.4 Å². The third kappa shape index (κ3) is 3.30. The van der Waals surface area contributed by atoms with Gasteiger partial charge in [-0.15, -0.1) is 0 Å². The minimum atomic E-state index is -0.535. The van der Waals surface area contributed by atoms with Crippen molar-refractivity contribution in [2.45, 2.75) is 19.8 Å². The maximum Gasteiger partial charge on any atom is 0.373 e. The Hall–Kier alpha value is -2.70. The molecule has 0 unspecified atom stereocenters. The number of nitrogens with zero attached hydrogens (tertiary/aromatic N) is 4. The van der Waals surface area contributed by atoms with E-state index in [0.29, 0.717) is 11.7 Å². The van der Waals surface area contributed by atoms with Crippen molar-refractivity contribution in [2.75, 3.05) is 19.0 Å². The normalized spacial score (nSPS) is 10.6. The molecule has 1 heterocycles. The lowest BCUT2D eigenvalue weighted by molar-refractivity contribution is -0.385. The summed E-state index contributed by atoms with van der Waals surface area (Å²) in [5.41, 5.74) is 0.916. The molecule has 0 aliphatic heterocycles. The number of nitro groups is 1. The van der Waals surface area contributed by atoms with Crippen molar-refractivity contribution in [3.05, 3.63) is 46.3 Å². The molecule has 0 aliphatic rings. The van der Waals surface area contributed by atoms with Crippen LogP contribution in [-0.2, 0) is 0 Å². The minimum Gasteiger partial charge on any atom is -0.434 e. The standard InChI is InChI=1S/C15H18N4O3/c1-10(2)11-5-7-12(8-6-11)22-15-13(19(20)21)14(18(3)4)16-9-17-15/h5-10H,1-4H3.